The van der Waals surface area contributed by atoms with Gasteiger partial charge in [0.05, 0.1) is 36.0 Å². The second-order valence-corrected chi connectivity index (χ2v) is 13.6. The van der Waals surface area contributed by atoms with Gasteiger partial charge in [0.1, 0.15) is 12.2 Å². The van der Waals surface area contributed by atoms with Crippen LogP contribution in [0.2, 0.25) is 10.0 Å². The number of rotatable bonds is 11. The molecule has 3 aromatic carbocycles. The predicted octanol–water partition coefficient (Wildman–Crippen LogP) is 6.26. The third-order valence-corrected chi connectivity index (χ3v) is 10.5. The third kappa shape index (κ3) is 6.44. The van der Waals surface area contributed by atoms with Crippen LogP contribution in [0.25, 0.3) is 0 Å². The molecule has 1 unspecified atom stereocenters. The summed E-state index contributed by atoms with van der Waals surface area (Å²) in [6, 6.07) is 21.6. The van der Waals surface area contributed by atoms with Gasteiger partial charge in [-0.2, -0.15) is 0 Å². The lowest BCUT2D eigenvalue weighted by Gasteiger charge is -2.48. The van der Waals surface area contributed by atoms with Crippen molar-refractivity contribution in [1.82, 2.24) is 4.90 Å². The van der Waals surface area contributed by atoms with Gasteiger partial charge in [-0.1, -0.05) is 72.6 Å². The van der Waals surface area contributed by atoms with E-state index >= 15 is 0 Å². The van der Waals surface area contributed by atoms with Crippen LogP contribution in [0.5, 0.6) is 0 Å². The molecule has 2 fully saturated rings. The van der Waals surface area contributed by atoms with Crippen LogP contribution < -0.4 is 4.31 Å². The van der Waals surface area contributed by atoms with Gasteiger partial charge < -0.3 is 14.7 Å². The number of amides is 1. The first kappa shape index (κ1) is 30.4. The number of para-hydroxylation sites is 1. The zero-order valence-corrected chi connectivity index (χ0v) is 25.3. The zero-order chi connectivity index (χ0) is 30.0. The largest absolute Gasteiger partial charge is 0.481 e. The molecule has 3 aromatic rings. The summed E-state index contributed by atoms with van der Waals surface area (Å²) in [6.45, 7) is 1.89. The molecule has 1 saturated carbocycles. The average Bonchev–Trinajstić information content (AvgIpc) is 3.82. The summed E-state index contributed by atoms with van der Waals surface area (Å²) in [6.07, 6.45) is -1.03. The molecular weight excluding hydrogens is 599 g/mol. The Balaban J connectivity index is 1.64. The number of carboxylic acid groups (broad SMARTS) is 1. The minimum atomic E-state index is -3.70. The molecule has 4 atom stereocenters. The molecule has 11 heteroatoms. The van der Waals surface area contributed by atoms with Gasteiger partial charge >= 0.3 is 5.97 Å². The van der Waals surface area contributed by atoms with Gasteiger partial charge in [-0.05, 0) is 66.8 Å². The Hall–Kier alpha value is -3.11. The monoisotopic (exact) mass is 630 g/mol. The van der Waals surface area contributed by atoms with Gasteiger partial charge in [0.15, 0.2) is 0 Å². The van der Waals surface area contributed by atoms with E-state index in [-0.39, 0.29) is 6.54 Å². The molecule has 222 valence electrons. The van der Waals surface area contributed by atoms with E-state index in [0.717, 1.165) is 0 Å². The second kappa shape index (κ2) is 12.6. The minimum Gasteiger partial charge on any atom is -0.481 e. The van der Waals surface area contributed by atoms with Gasteiger partial charge in [-0.3, -0.25) is 13.9 Å². The predicted molar refractivity (Wildman–Crippen MR) is 162 cm³/mol. The van der Waals surface area contributed by atoms with E-state index in [1.54, 1.807) is 71.6 Å². The van der Waals surface area contributed by atoms with Crippen LogP contribution in [0.15, 0.2) is 78.9 Å². The van der Waals surface area contributed by atoms with Crippen LogP contribution in [0, 0.1) is 0 Å². The van der Waals surface area contributed by atoms with Crippen molar-refractivity contribution in [2.45, 2.75) is 62.1 Å². The van der Waals surface area contributed by atoms with Crippen molar-refractivity contribution in [1.29, 1.82) is 0 Å². The summed E-state index contributed by atoms with van der Waals surface area (Å²) in [5, 5.41) is 10.2. The fourth-order valence-electron chi connectivity index (χ4n) is 5.50. The number of halogens is 2. The molecular formula is C31H32Cl2N2O6S. The van der Waals surface area contributed by atoms with E-state index in [0.29, 0.717) is 46.1 Å². The van der Waals surface area contributed by atoms with Crippen molar-refractivity contribution < 1.29 is 27.9 Å². The average molecular weight is 632 g/mol. The standard InChI is InChI=1S/C31H32Cl2N2O6S/c1-2-24(19-34(25-9-4-3-5-10-25)42(39,40)26-15-16-26)35-29(20-11-13-22(32)14-12-20)30(21-7-6-8-23(33)17-21)41-27(31(35)38)18-28(36)37/h3-14,17,24,26-27,29-30H,2,15-16,18-19H2,1H3,(H,36,37)/t24?,27-,29+,30-/m0/s1. The van der Waals surface area contributed by atoms with Crippen molar-refractivity contribution in [3.8, 4) is 0 Å². The topological polar surface area (TPSA) is 104 Å². The zero-order valence-electron chi connectivity index (χ0n) is 23.0. The Morgan fingerprint density at radius 2 is 1.69 bits per heavy atom. The summed E-state index contributed by atoms with van der Waals surface area (Å²) in [4.78, 5) is 27.7. The highest BCUT2D eigenvalue weighted by molar-refractivity contribution is 7.93. The van der Waals surface area contributed by atoms with E-state index in [9.17, 15) is 23.1 Å². The minimum absolute atomic E-state index is 0.00274. The Morgan fingerprint density at radius 1 is 1.00 bits per heavy atom. The van der Waals surface area contributed by atoms with Crippen molar-refractivity contribution in [2.24, 2.45) is 0 Å². The molecule has 2 aliphatic rings. The molecule has 1 aliphatic heterocycles. The van der Waals surface area contributed by atoms with Crippen LogP contribution >= 0.6 is 23.2 Å². The molecule has 1 aliphatic carbocycles. The van der Waals surface area contributed by atoms with E-state index in [2.05, 4.69) is 0 Å². The summed E-state index contributed by atoms with van der Waals surface area (Å²) >= 11 is 12.6. The maximum absolute atomic E-state index is 14.2. The molecule has 8 nitrogen and oxygen atoms in total. The number of benzene rings is 3. The highest BCUT2D eigenvalue weighted by atomic mass is 35.5. The molecule has 0 radical (unpaired) electrons. The van der Waals surface area contributed by atoms with Crippen LogP contribution in [0.4, 0.5) is 5.69 Å². The van der Waals surface area contributed by atoms with E-state index < -0.39 is 57.9 Å². The van der Waals surface area contributed by atoms with Crippen molar-refractivity contribution in [3.05, 3.63) is 100 Å². The number of nitrogens with zero attached hydrogens (tertiary/aromatic N) is 2. The molecule has 42 heavy (non-hydrogen) atoms. The molecule has 1 N–H and O–H groups in total. The van der Waals surface area contributed by atoms with E-state index in [4.69, 9.17) is 27.9 Å². The molecule has 5 rings (SSSR count). The lowest BCUT2D eigenvalue weighted by molar-refractivity contribution is -0.183. The van der Waals surface area contributed by atoms with Crippen molar-refractivity contribution in [3.63, 3.8) is 0 Å². The van der Waals surface area contributed by atoms with Crippen molar-refractivity contribution in [2.75, 3.05) is 10.8 Å². The maximum Gasteiger partial charge on any atom is 0.306 e. The number of carbonyl (C=O) groups excluding carboxylic acids is 1. The van der Waals surface area contributed by atoms with Gasteiger partial charge in [-0.25, -0.2) is 8.42 Å². The first-order valence-corrected chi connectivity index (χ1v) is 16.1. The van der Waals surface area contributed by atoms with Crippen molar-refractivity contribution >= 4 is 50.8 Å². The summed E-state index contributed by atoms with van der Waals surface area (Å²) in [5.74, 6) is -1.70. The smallest absolute Gasteiger partial charge is 0.306 e. The Morgan fingerprint density at radius 3 is 2.29 bits per heavy atom. The van der Waals surface area contributed by atoms with Gasteiger partial charge in [0, 0.05) is 10.0 Å². The first-order chi connectivity index (χ1) is 20.1. The second-order valence-electron chi connectivity index (χ2n) is 10.6. The summed E-state index contributed by atoms with van der Waals surface area (Å²) in [5.41, 5.74) is 1.89. The molecule has 0 bridgehead atoms. The highest BCUT2D eigenvalue weighted by Gasteiger charge is 2.49. The molecule has 0 spiro atoms. The van der Waals surface area contributed by atoms with Gasteiger partial charge in [-0.15, -0.1) is 0 Å². The summed E-state index contributed by atoms with van der Waals surface area (Å²) in [7, 11) is -3.70. The lowest BCUT2D eigenvalue weighted by Crippen LogP contribution is -2.58. The Kier molecular flexibility index (Phi) is 9.13. The molecule has 1 saturated heterocycles. The van der Waals surface area contributed by atoms with Crippen LogP contribution in [-0.2, 0) is 24.3 Å². The lowest BCUT2D eigenvalue weighted by atomic mass is 9.89. The third-order valence-electron chi connectivity index (χ3n) is 7.71. The molecule has 1 heterocycles. The van der Waals surface area contributed by atoms with Crippen LogP contribution in [0.3, 0.4) is 0 Å². The molecule has 1 amide bonds. The number of carbonyl (C=O) groups is 2. The number of anilines is 1. The number of morpholine rings is 1. The normalized spacial score (nSPS) is 21.6. The molecule has 0 aromatic heterocycles. The van der Waals surface area contributed by atoms with Gasteiger partial charge in [0.25, 0.3) is 5.91 Å². The number of hydrogen-bond donors (Lipinski definition) is 1. The highest BCUT2D eigenvalue weighted by Crippen LogP contribution is 2.45. The number of ether oxygens (including phenoxy) is 1. The fraction of sp³-hybridized carbons (Fsp3) is 0.355. The summed E-state index contributed by atoms with van der Waals surface area (Å²) < 4.78 is 35.1. The maximum atomic E-state index is 14.2. The number of sulfonamides is 1. The number of hydrogen-bond acceptors (Lipinski definition) is 5. The Labute approximate surface area is 255 Å². The first-order valence-electron chi connectivity index (χ1n) is 13.9. The van der Waals surface area contributed by atoms with Crippen LogP contribution in [-0.4, -0.2) is 54.2 Å². The quantitative estimate of drug-likeness (QED) is 0.268. The number of carboxylic acids is 1. The van der Waals surface area contributed by atoms with E-state index in [1.807, 2.05) is 19.1 Å². The SMILES string of the molecule is CCC(CN(c1ccccc1)S(=O)(=O)C1CC1)N1C(=O)[C@H](CC(=O)O)O[C@@H](c2cccc(Cl)c2)[C@H]1c1ccc(Cl)cc1. The van der Waals surface area contributed by atoms with Gasteiger partial charge in [0.2, 0.25) is 10.0 Å². The number of aliphatic carboxylic acids is 1. The Bertz CT molecular complexity index is 1530. The van der Waals surface area contributed by atoms with E-state index in [1.165, 1.54) is 4.31 Å². The fourth-order valence-corrected chi connectivity index (χ4v) is 7.71. The van der Waals surface area contributed by atoms with Crippen LogP contribution in [0.1, 0.15) is 55.9 Å².